The first-order valence-electron chi connectivity index (χ1n) is 11.1. The number of benzene rings is 3. The lowest BCUT2D eigenvalue weighted by atomic mass is 9.78. The van der Waals surface area contributed by atoms with Crippen LogP contribution in [0.3, 0.4) is 0 Å². The molecule has 150 valence electrons. The summed E-state index contributed by atoms with van der Waals surface area (Å²) in [4.78, 5) is 7.46. The van der Waals surface area contributed by atoms with Gasteiger partial charge in [-0.15, -0.1) is 0 Å². The minimum Gasteiger partial charge on any atom is -0.348 e. The largest absolute Gasteiger partial charge is 0.348 e. The predicted octanol–water partition coefficient (Wildman–Crippen LogP) is 6.84. The van der Waals surface area contributed by atoms with Gasteiger partial charge in [-0.3, -0.25) is 0 Å². The first kappa shape index (κ1) is 18.1. The standard InChI is InChI=1S/C29H24N2/c1-2-31-19-25(27-18-16-21-10-4-7-13-26(21)30-27)29(24-12-6-8-14-28(24)31)23-17-15-20-9-3-5-11-22(20)23/h3-14,16-19,29H,2,15H2,1H3. The summed E-state index contributed by atoms with van der Waals surface area (Å²) in [6.07, 6.45) is 5.74. The van der Waals surface area contributed by atoms with Crippen LogP contribution in [-0.4, -0.2) is 11.5 Å². The molecule has 2 aliphatic rings. The summed E-state index contributed by atoms with van der Waals surface area (Å²) >= 11 is 0. The van der Waals surface area contributed by atoms with Gasteiger partial charge in [0.2, 0.25) is 0 Å². The molecule has 1 aliphatic heterocycles. The molecule has 0 bridgehead atoms. The molecular formula is C29H24N2. The zero-order chi connectivity index (χ0) is 20.8. The van der Waals surface area contributed by atoms with E-state index in [1.54, 1.807) is 0 Å². The second kappa shape index (κ2) is 7.24. The topological polar surface area (TPSA) is 16.1 Å². The van der Waals surface area contributed by atoms with E-state index >= 15 is 0 Å². The van der Waals surface area contributed by atoms with Crippen LogP contribution in [0, 0.1) is 0 Å². The minimum atomic E-state index is 0.177. The summed E-state index contributed by atoms with van der Waals surface area (Å²) in [6, 6.07) is 30.4. The zero-order valence-corrected chi connectivity index (χ0v) is 17.6. The summed E-state index contributed by atoms with van der Waals surface area (Å²) in [5.41, 5.74) is 10.2. The molecule has 2 heterocycles. The molecule has 1 aliphatic carbocycles. The van der Waals surface area contributed by atoms with Crippen molar-refractivity contribution in [2.75, 3.05) is 11.4 Å². The predicted molar refractivity (Wildman–Crippen MR) is 130 cm³/mol. The number of hydrogen-bond acceptors (Lipinski definition) is 2. The van der Waals surface area contributed by atoms with Gasteiger partial charge in [-0.05, 0) is 53.8 Å². The van der Waals surface area contributed by atoms with Crippen LogP contribution >= 0.6 is 0 Å². The molecule has 2 heteroatoms. The number of para-hydroxylation sites is 2. The molecule has 3 aromatic carbocycles. The average molecular weight is 401 g/mol. The summed E-state index contributed by atoms with van der Waals surface area (Å²) < 4.78 is 0. The normalized spacial score (nSPS) is 17.2. The summed E-state index contributed by atoms with van der Waals surface area (Å²) in [5.74, 6) is 0.177. The molecule has 6 rings (SSSR count). The van der Waals surface area contributed by atoms with Crippen molar-refractivity contribution < 1.29 is 0 Å². The molecule has 0 saturated carbocycles. The van der Waals surface area contributed by atoms with E-state index in [0.29, 0.717) is 0 Å². The monoisotopic (exact) mass is 400 g/mol. The van der Waals surface area contributed by atoms with Crippen LogP contribution in [-0.2, 0) is 6.42 Å². The van der Waals surface area contributed by atoms with E-state index in [-0.39, 0.29) is 5.92 Å². The molecule has 2 nitrogen and oxygen atoms in total. The molecule has 0 amide bonds. The molecule has 1 aromatic heterocycles. The Morgan fingerprint density at radius 1 is 0.839 bits per heavy atom. The third kappa shape index (κ3) is 2.90. The molecule has 0 radical (unpaired) electrons. The Kier molecular flexibility index (Phi) is 4.24. The molecule has 1 atom stereocenters. The quantitative estimate of drug-likeness (QED) is 0.374. The average Bonchev–Trinajstić information content (AvgIpc) is 3.26. The number of rotatable bonds is 3. The fourth-order valence-corrected chi connectivity index (χ4v) is 5.09. The van der Waals surface area contributed by atoms with E-state index in [2.05, 4.69) is 109 Å². The van der Waals surface area contributed by atoms with Gasteiger partial charge in [0.25, 0.3) is 0 Å². The maximum atomic E-state index is 5.10. The fourth-order valence-electron chi connectivity index (χ4n) is 5.09. The molecule has 4 aromatic rings. The van der Waals surface area contributed by atoms with Gasteiger partial charge in [-0.25, -0.2) is 4.98 Å². The second-order valence-corrected chi connectivity index (χ2v) is 8.27. The Morgan fingerprint density at radius 3 is 2.58 bits per heavy atom. The Balaban J connectivity index is 1.58. The smallest absolute Gasteiger partial charge is 0.0709 e. The van der Waals surface area contributed by atoms with E-state index in [1.807, 2.05) is 0 Å². The highest BCUT2D eigenvalue weighted by Crippen LogP contribution is 2.50. The van der Waals surface area contributed by atoms with Crippen molar-refractivity contribution in [2.24, 2.45) is 0 Å². The van der Waals surface area contributed by atoms with Gasteiger partial charge in [0, 0.05) is 35.3 Å². The Labute approximate surface area is 183 Å². The molecule has 0 saturated heterocycles. The number of aromatic nitrogens is 1. The van der Waals surface area contributed by atoms with Crippen LogP contribution in [0.4, 0.5) is 5.69 Å². The van der Waals surface area contributed by atoms with Crippen LogP contribution < -0.4 is 4.90 Å². The lowest BCUT2D eigenvalue weighted by molar-refractivity contribution is 0.950. The van der Waals surface area contributed by atoms with Crippen LogP contribution in [0.5, 0.6) is 0 Å². The number of anilines is 1. The molecule has 0 fully saturated rings. The van der Waals surface area contributed by atoms with Crippen molar-refractivity contribution in [3.05, 3.63) is 120 Å². The zero-order valence-electron chi connectivity index (χ0n) is 17.6. The maximum absolute atomic E-state index is 5.10. The number of pyridine rings is 1. The van der Waals surface area contributed by atoms with Crippen molar-refractivity contribution in [3.8, 4) is 0 Å². The Morgan fingerprint density at radius 2 is 1.65 bits per heavy atom. The van der Waals surface area contributed by atoms with Gasteiger partial charge in [0.1, 0.15) is 0 Å². The minimum absolute atomic E-state index is 0.177. The van der Waals surface area contributed by atoms with E-state index in [9.17, 15) is 0 Å². The van der Waals surface area contributed by atoms with Gasteiger partial charge < -0.3 is 4.90 Å². The maximum Gasteiger partial charge on any atom is 0.0709 e. The number of fused-ring (bicyclic) bond motifs is 3. The van der Waals surface area contributed by atoms with Gasteiger partial charge in [-0.1, -0.05) is 72.8 Å². The summed E-state index contributed by atoms with van der Waals surface area (Å²) in [7, 11) is 0. The molecule has 31 heavy (non-hydrogen) atoms. The van der Waals surface area contributed by atoms with Crippen molar-refractivity contribution >= 4 is 27.7 Å². The third-order valence-electron chi connectivity index (χ3n) is 6.58. The van der Waals surface area contributed by atoms with E-state index < -0.39 is 0 Å². The van der Waals surface area contributed by atoms with Crippen LogP contribution in [0.15, 0.2) is 97.2 Å². The number of nitrogens with zero attached hydrogens (tertiary/aromatic N) is 2. The van der Waals surface area contributed by atoms with Gasteiger partial charge in [0.15, 0.2) is 0 Å². The molecular weight excluding hydrogens is 376 g/mol. The fraction of sp³-hybridized carbons (Fsp3) is 0.138. The van der Waals surface area contributed by atoms with Crippen LogP contribution in [0.1, 0.15) is 35.2 Å². The lowest BCUT2D eigenvalue weighted by Crippen LogP contribution is -2.24. The molecule has 0 N–H and O–H groups in total. The Hall–Kier alpha value is -3.65. The van der Waals surface area contributed by atoms with Crippen LogP contribution in [0.2, 0.25) is 0 Å². The highest BCUT2D eigenvalue weighted by atomic mass is 15.1. The lowest BCUT2D eigenvalue weighted by Gasteiger charge is -2.35. The summed E-state index contributed by atoms with van der Waals surface area (Å²) in [5, 5.41) is 1.18. The SMILES string of the molecule is CCN1C=C(c2ccc3ccccc3n2)C(C2=CCc3ccccc32)c2ccccc21. The van der Waals surface area contributed by atoms with Gasteiger partial charge in [-0.2, -0.15) is 0 Å². The first-order valence-corrected chi connectivity index (χ1v) is 11.1. The van der Waals surface area contributed by atoms with Crippen molar-refractivity contribution in [1.82, 2.24) is 4.98 Å². The van der Waals surface area contributed by atoms with Crippen molar-refractivity contribution in [2.45, 2.75) is 19.3 Å². The van der Waals surface area contributed by atoms with Gasteiger partial charge in [0.05, 0.1) is 11.2 Å². The van der Waals surface area contributed by atoms with E-state index in [1.165, 1.54) is 38.9 Å². The van der Waals surface area contributed by atoms with Crippen molar-refractivity contribution in [1.29, 1.82) is 0 Å². The third-order valence-corrected chi connectivity index (χ3v) is 6.58. The first-order chi connectivity index (χ1) is 15.3. The highest BCUT2D eigenvalue weighted by molar-refractivity contribution is 5.95. The van der Waals surface area contributed by atoms with Crippen LogP contribution in [0.25, 0.3) is 22.0 Å². The Bertz CT molecular complexity index is 1360. The molecule has 1 unspecified atom stereocenters. The van der Waals surface area contributed by atoms with Gasteiger partial charge >= 0.3 is 0 Å². The number of hydrogen-bond donors (Lipinski definition) is 0. The number of allylic oxidation sites excluding steroid dienone is 3. The molecule has 0 spiro atoms. The van der Waals surface area contributed by atoms with E-state index in [4.69, 9.17) is 4.98 Å². The highest BCUT2D eigenvalue weighted by Gasteiger charge is 2.33. The summed E-state index contributed by atoms with van der Waals surface area (Å²) in [6.45, 7) is 3.14. The van der Waals surface area contributed by atoms with Crippen molar-refractivity contribution in [3.63, 3.8) is 0 Å². The second-order valence-electron chi connectivity index (χ2n) is 8.27. The van der Waals surface area contributed by atoms with E-state index in [0.717, 1.165) is 24.2 Å².